The van der Waals surface area contributed by atoms with Gasteiger partial charge in [0.05, 0.1) is 23.7 Å². The lowest BCUT2D eigenvalue weighted by molar-refractivity contribution is 0.340. The van der Waals surface area contributed by atoms with Crippen LogP contribution in [-0.4, -0.2) is 21.5 Å². The van der Waals surface area contributed by atoms with E-state index in [1.54, 1.807) is 0 Å². The molecule has 0 saturated carbocycles. The molecule has 0 radical (unpaired) electrons. The Labute approximate surface area is 128 Å². The Bertz CT molecular complexity index is 675. The van der Waals surface area contributed by atoms with Crippen LogP contribution in [-0.2, 0) is 0 Å². The second-order valence-corrected chi connectivity index (χ2v) is 4.81. The number of rotatable bonds is 4. The first-order valence-electron chi connectivity index (χ1n) is 6.53. The normalized spacial score (nSPS) is 11.0. The SMILES string of the molecule is CCOc1ccc(N=Nc2c(C)nn(C(N)=S)c2C)cc1. The van der Waals surface area contributed by atoms with Crippen LogP contribution >= 0.6 is 12.2 Å². The summed E-state index contributed by atoms with van der Waals surface area (Å²) in [5, 5.41) is 12.9. The number of ether oxygens (including phenoxy) is 1. The fourth-order valence-electron chi connectivity index (χ4n) is 1.88. The quantitative estimate of drug-likeness (QED) is 0.693. The first-order valence-corrected chi connectivity index (χ1v) is 6.94. The summed E-state index contributed by atoms with van der Waals surface area (Å²) in [6.07, 6.45) is 0. The Morgan fingerprint density at radius 2 is 1.95 bits per heavy atom. The van der Waals surface area contributed by atoms with Gasteiger partial charge in [0, 0.05) is 0 Å². The van der Waals surface area contributed by atoms with Crippen molar-refractivity contribution in [1.82, 2.24) is 9.78 Å². The molecular formula is C14H17N5OS. The third-order valence-electron chi connectivity index (χ3n) is 2.88. The van der Waals surface area contributed by atoms with E-state index in [9.17, 15) is 0 Å². The highest BCUT2D eigenvalue weighted by Gasteiger charge is 2.12. The van der Waals surface area contributed by atoms with E-state index in [-0.39, 0.29) is 5.11 Å². The molecule has 0 aliphatic heterocycles. The number of nitrogens with zero attached hydrogens (tertiary/aromatic N) is 4. The maximum atomic E-state index is 5.59. The van der Waals surface area contributed by atoms with E-state index >= 15 is 0 Å². The molecular weight excluding hydrogens is 286 g/mol. The first kappa shape index (κ1) is 15.1. The van der Waals surface area contributed by atoms with Gasteiger partial charge in [-0.05, 0) is 57.3 Å². The predicted octanol–water partition coefficient (Wildman–Crippen LogP) is 3.41. The fraction of sp³-hybridized carbons (Fsp3) is 0.286. The molecule has 0 fully saturated rings. The van der Waals surface area contributed by atoms with Gasteiger partial charge in [0.15, 0.2) is 5.11 Å². The van der Waals surface area contributed by atoms with Crippen molar-refractivity contribution in [2.75, 3.05) is 6.61 Å². The van der Waals surface area contributed by atoms with E-state index in [4.69, 9.17) is 22.7 Å². The van der Waals surface area contributed by atoms with Crippen LogP contribution in [0.25, 0.3) is 0 Å². The molecule has 0 aliphatic carbocycles. The summed E-state index contributed by atoms with van der Waals surface area (Å²) in [7, 11) is 0. The van der Waals surface area contributed by atoms with Crippen molar-refractivity contribution in [3.63, 3.8) is 0 Å². The Hall–Kier alpha value is -2.28. The average molecular weight is 303 g/mol. The van der Waals surface area contributed by atoms with Crippen LogP contribution in [0.5, 0.6) is 5.75 Å². The van der Waals surface area contributed by atoms with Crippen LogP contribution in [0.3, 0.4) is 0 Å². The first-order chi connectivity index (χ1) is 10.0. The van der Waals surface area contributed by atoms with Crippen molar-refractivity contribution in [3.05, 3.63) is 35.7 Å². The molecule has 0 aliphatic rings. The molecule has 21 heavy (non-hydrogen) atoms. The minimum atomic E-state index is 0.193. The Morgan fingerprint density at radius 3 is 2.48 bits per heavy atom. The van der Waals surface area contributed by atoms with E-state index < -0.39 is 0 Å². The highest BCUT2D eigenvalue weighted by atomic mass is 32.1. The second kappa shape index (κ2) is 6.45. The summed E-state index contributed by atoms with van der Waals surface area (Å²) in [5.41, 5.74) is 8.51. The van der Waals surface area contributed by atoms with Crippen LogP contribution in [0.1, 0.15) is 18.3 Å². The van der Waals surface area contributed by atoms with Crippen molar-refractivity contribution < 1.29 is 4.74 Å². The molecule has 1 heterocycles. The number of hydrogen-bond acceptors (Lipinski definition) is 5. The molecule has 2 N–H and O–H groups in total. The van der Waals surface area contributed by atoms with Gasteiger partial charge in [-0.3, -0.25) is 0 Å². The van der Waals surface area contributed by atoms with Gasteiger partial charge < -0.3 is 10.5 Å². The van der Waals surface area contributed by atoms with Gasteiger partial charge in [0.2, 0.25) is 0 Å². The third kappa shape index (κ3) is 3.43. The van der Waals surface area contributed by atoms with E-state index in [2.05, 4.69) is 15.3 Å². The molecule has 6 nitrogen and oxygen atoms in total. The number of nitrogens with two attached hydrogens (primary N) is 1. The largest absolute Gasteiger partial charge is 0.494 e. The molecule has 1 aromatic heterocycles. The van der Waals surface area contributed by atoms with Crippen LogP contribution in [0.15, 0.2) is 34.5 Å². The zero-order valence-corrected chi connectivity index (χ0v) is 13.0. The second-order valence-electron chi connectivity index (χ2n) is 4.40. The number of hydrogen-bond donors (Lipinski definition) is 1. The van der Waals surface area contributed by atoms with Crippen molar-refractivity contribution >= 4 is 28.7 Å². The lowest BCUT2D eigenvalue weighted by atomic mass is 10.3. The van der Waals surface area contributed by atoms with E-state index in [1.165, 1.54) is 4.68 Å². The minimum Gasteiger partial charge on any atom is -0.494 e. The summed E-state index contributed by atoms with van der Waals surface area (Å²) in [4.78, 5) is 0. The van der Waals surface area contributed by atoms with Gasteiger partial charge in [-0.1, -0.05) is 0 Å². The van der Waals surface area contributed by atoms with Gasteiger partial charge in [0.25, 0.3) is 0 Å². The van der Waals surface area contributed by atoms with Crippen LogP contribution in [0.4, 0.5) is 11.4 Å². The summed E-state index contributed by atoms with van der Waals surface area (Å²) < 4.78 is 6.86. The van der Waals surface area contributed by atoms with E-state index in [0.29, 0.717) is 12.3 Å². The number of aromatic nitrogens is 2. The predicted molar refractivity (Wildman–Crippen MR) is 85.7 cm³/mol. The molecule has 110 valence electrons. The highest BCUT2D eigenvalue weighted by molar-refractivity contribution is 7.80. The lowest BCUT2D eigenvalue weighted by Crippen LogP contribution is -2.21. The van der Waals surface area contributed by atoms with Crippen molar-refractivity contribution in [2.24, 2.45) is 16.0 Å². The zero-order chi connectivity index (χ0) is 15.4. The van der Waals surface area contributed by atoms with E-state index in [1.807, 2.05) is 45.0 Å². The number of thiocarbonyl (C=S) groups is 1. The van der Waals surface area contributed by atoms with Crippen LogP contribution < -0.4 is 10.5 Å². The lowest BCUT2D eigenvalue weighted by Gasteiger charge is -2.01. The third-order valence-corrected chi connectivity index (χ3v) is 3.05. The summed E-state index contributed by atoms with van der Waals surface area (Å²) >= 11 is 4.93. The molecule has 2 rings (SSSR count). The minimum absolute atomic E-state index is 0.193. The zero-order valence-electron chi connectivity index (χ0n) is 12.2. The molecule has 0 saturated heterocycles. The number of aryl methyl sites for hydroxylation is 1. The van der Waals surface area contributed by atoms with Gasteiger partial charge in [-0.15, -0.1) is 5.11 Å². The molecule has 0 bridgehead atoms. The Balaban J connectivity index is 2.23. The highest BCUT2D eigenvalue weighted by Crippen LogP contribution is 2.26. The molecule has 0 unspecified atom stereocenters. The summed E-state index contributed by atoms with van der Waals surface area (Å²) in [6, 6.07) is 7.40. The standard InChI is InChI=1S/C14H17N5OS/c1-4-20-12-7-5-11(6-8-12)16-17-13-9(2)18-19(10(13)3)14(15)21/h5-8H,4H2,1-3H3,(H2,15,21). The van der Waals surface area contributed by atoms with E-state index in [0.717, 1.165) is 22.8 Å². The topological polar surface area (TPSA) is 77.8 Å². The van der Waals surface area contributed by atoms with Crippen molar-refractivity contribution in [2.45, 2.75) is 20.8 Å². The van der Waals surface area contributed by atoms with Crippen molar-refractivity contribution in [3.8, 4) is 5.75 Å². The van der Waals surface area contributed by atoms with Gasteiger partial charge in [-0.25, -0.2) is 4.68 Å². The van der Waals surface area contributed by atoms with Gasteiger partial charge in [-0.2, -0.15) is 10.2 Å². The molecule has 0 spiro atoms. The molecule has 2 aromatic rings. The Kier molecular flexibility index (Phi) is 4.64. The van der Waals surface area contributed by atoms with Crippen molar-refractivity contribution in [1.29, 1.82) is 0 Å². The average Bonchev–Trinajstić information content (AvgIpc) is 2.74. The maximum Gasteiger partial charge on any atom is 0.191 e. The fourth-order valence-corrected chi connectivity index (χ4v) is 2.05. The molecule has 1 aromatic carbocycles. The Morgan fingerprint density at radius 1 is 1.29 bits per heavy atom. The maximum absolute atomic E-state index is 5.59. The monoisotopic (exact) mass is 303 g/mol. The van der Waals surface area contributed by atoms with Crippen LogP contribution in [0.2, 0.25) is 0 Å². The molecule has 7 heteroatoms. The van der Waals surface area contributed by atoms with Gasteiger partial charge >= 0.3 is 0 Å². The van der Waals surface area contributed by atoms with Crippen LogP contribution in [0, 0.1) is 13.8 Å². The van der Waals surface area contributed by atoms with Gasteiger partial charge in [0.1, 0.15) is 11.4 Å². The molecule has 0 amide bonds. The number of benzene rings is 1. The molecule has 0 atom stereocenters. The summed E-state index contributed by atoms with van der Waals surface area (Å²) in [5.74, 6) is 0.810. The number of azo groups is 1. The summed E-state index contributed by atoms with van der Waals surface area (Å²) in [6.45, 7) is 6.27. The smallest absolute Gasteiger partial charge is 0.191 e.